The predicted octanol–water partition coefficient (Wildman–Crippen LogP) is 3.13. The average molecular weight is 299 g/mol. The molecule has 0 radical (unpaired) electrons. The molecule has 4 heteroatoms. The number of carbonyl (C=O) groups excluding carboxylic acids is 1. The van der Waals surface area contributed by atoms with E-state index in [2.05, 4.69) is 24.4 Å². The van der Waals surface area contributed by atoms with E-state index in [4.69, 9.17) is 4.74 Å². The summed E-state index contributed by atoms with van der Waals surface area (Å²) in [6.45, 7) is 6.83. The summed E-state index contributed by atoms with van der Waals surface area (Å²) in [6.07, 6.45) is 0. The van der Waals surface area contributed by atoms with E-state index in [0.717, 1.165) is 16.9 Å². The van der Waals surface area contributed by atoms with Gasteiger partial charge in [-0.1, -0.05) is 29.8 Å². The Morgan fingerprint density at radius 2 is 1.77 bits per heavy atom. The molecule has 0 heterocycles. The van der Waals surface area contributed by atoms with E-state index >= 15 is 0 Å². The number of nitrogens with one attached hydrogen (secondary N) is 1. The van der Waals surface area contributed by atoms with Crippen LogP contribution in [0.15, 0.2) is 36.4 Å². The lowest BCUT2D eigenvalue weighted by Gasteiger charge is -2.13. The molecule has 4 nitrogen and oxygen atoms in total. The third-order valence-electron chi connectivity index (χ3n) is 3.39. The Morgan fingerprint density at radius 1 is 1.14 bits per heavy atom. The number of benzene rings is 2. The van der Waals surface area contributed by atoms with Gasteiger partial charge in [0.15, 0.2) is 0 Å². The van der Waals surface area contributed by atoms with Gasteiger partial charge in [0.25, 0.3) is 5.91 Å². The van der Waals surface area contributed by atoms with Crippen LogP contribution < -0.4 is 10.1 Å². The quantitative estimate of drug-likeness (QED) is 0.834. The van der Waals surface area contributed by atoms with Crippen molar-refractivity contribution >= 4 is 5.91 Å². The standard InChI is InChI=1S/C18H21NO3/c1-12-10-13(2)17(14(3)11-12)22-9-8-19-18(21)15-6-4-5-7-16(15)20/h4-7,10-11,20H,8-9H2,1-3H3,(H,19,21). The van der Waals surface area contributed by atoms with Crippen LogP contribution in [-0.2, 0) is 0 Å². The van der Waals surface area contributed by atoms with Crippen LogP contribution in [0.25, 0.3) is 0 Å². The first-order valence-electron chi connectivity index (χ1n) is 7.26. The second-order valence-electron chi connectivity index (χ2n) is 5.35. The van der Waals surface area contributed by atoms with Crippen molar-refractivity contribution in [2.75, 3.05) is 13.2 Å². The van der Waals surface area contributed by atoms with E-state index in [0.29, 0.717) is 13.2 Å². The minimum atomic E-state index is -0.306. The Morgan fingerprint density at radius 3 is 2.41 bits per heavy atom. The van der Waals surface area contributed by atoms with Crippen LogP contribution in [-0.4, -0.2) is 24.2 Å². The number of para-hydroxylation sites is 1. The molecule has 0 unspecified atom stereocenters. The fourth-order valence-corrected chi connectivity index (χ4v) is 2.47. The van der Waals surface area contributed by atoms with E-state index in [1.165, 1.54) is 11.6 Å². The summed E-state index contributed by atoms with van der Waals surface area (Å²) in [7, 11) is 0. The van der Waals surface area contributed by atoms with Gasteiger partial charge in [-0.2, -0.15) is 0 Å². The maximum atomic E-state index is 11.9. The molecule has 0 aliphatic heterocycles. The van der Waals surface area contributed by atoms with Gasteiger partial charge in [0, 0.05) is 0 Å². The molecule has 22 heavy (non-hydrogen) atoms. The molecule has 0 atom stereocenters. The minimum absolute atomic E-state index is 0.0221. The second kappa shape index (κ2) is 6.98. The van der Waals surface area contributed by atoms with Crippen LogP contribution in [0.2, 0.25) is 0 Å². The number of aromatic hydroxyl groups is 1. The summed E-state index contributed by atoms with van der Waals surface area (Å²) in [6, 6.07) is 10.6. The number of carbonyl (C=O) groups is 1. The molecule has 2 aromatic rings. The third kappa shape index (κ3) is 3.79. The fraction of sp³-hybridized carbons (Fsp3) is 0.278. The van der Waals surface area contributed by atoms with E-state index < -0.39 is 0 Å². The van der Waals surface area contributed by atoms with Crippen molar-refractivity contribution in [1.29, 1.82) is 0 Å². The van der Waals surface area contributed by atoms with Crippen molar-refractivity contribution in [1.82, 2.24) is 5.32 Å². The Labute approximate surface area is 130 Å². The molecule has 0 aliphatic carbocycles. The van der Waals surface area contributed by atoms with Gasteiger partial charge >= 0.3 is 0 Å². The first kappa shape index (κ1) is 15.9. The van der Waals surface area contributed by atoms with Crippen molar-refractivity contribution < 1.29 is 14.6 Å². The summed E-state index contributed by atoms with van der Waals surface area (Å²) in [4.78, 5) is 11.9. The number of amides is 1. The van der Waals surface area contributed by atoms with Gasteiger partial charge < -0.3 is 15.2 Å². The van der Waals surface area contributed by atoms with Gasteiger partial charge in [-0.3, -0.25) is 4.79 Å². The van der Waals surface area contributed by atoms with Gasteiger partial charge in [-0.15, -0.1) is 0 Å². The Hall–Kier alpha value is -2.49. The number of phenolic OH excluding ortho intramolecular Hbond substituents is 1. The molecule has 2 rings (SSSR count). The van der Waals surface area contributed by atoms with E-state index in [1.54, 1.807) is 18.2 Å². The lowest BCUT2D eigenvalue weighted by Crippen LogP contribution is -2.28. The highest BCUT2D eigenvalue weighted by Crippen LogP contribution is 2.24. The van der Waals surface area contributed by atoms with E-state index in [9.17, 15) is 9.90 Å². The van der Waals surface area contributed by atoms with Gasteiger partial charge in [0.2, 0.25) is 0 Å². The highest BCUT2D eigenvalue weighted by molar-refractivity contribution is 5.96. The van der Waals surface area contributed by atoms with Crippen molar-refractivity contribution in [2.24, 2.45) is 0 Å². The number of aryl methyl sites for hydroxylation is 3. The Kier molecular flexibility index (Phi) is 5.04. The molecule has 0 saturated heterocycles. The third-order valence-corrected chi connectivity index (χ3v) is 3.39. The van der Waals surface area contributed by atoms with Crippen LogP contribution >= 0.6 is 0 Å². The van der Waals surface area contributed by atoms with Crippen LogP contribution in [0.5, 0.6) is 11.5 Å². The fourth-order valence-electron chi connectivity index (χ4n) is 2.47. The molecule has 2 aromatic carbocycles. The van der Waals surface area contributed by atoms with E-state index in [-0.39, 0.29) is 17.2 Å². The predicted molar refractivity (Wildman–Crippen MR) is 86.6 cm³/mol. The number of hydrogen-bond acceptors (Lipinski definition) is 3. The zero-order valence-electron chi connectivity index (χ0n) is 13.1. The molecule has 0 bridgehead atoms. The van der Waals surface area contributed by atoms with Crippen molar-refractivity contribution in [3.63, 3.8) is 0 Å². The summed E-state index contributed by atoms with van der Waals surface area (Å²) in [5.74, 6) is 0.535. The van der Waals surface area contributed by atoms with Gasteiger partial charge in [0.1, 0.15) is 18.1 Å². The van der Waals surface area contributed by atoms with Gasteiger partial charge in [-0.25, -0.2) is 0 Å². The highest BCUT2D eigenvalue weighted by atomic mass is 16.5. The molecule has 0 aromatic heterocycles. The topological polar surface area (TPSA) is 58.6 Å². The molecule has 116 valence electrons. The van der Waals surface area contributed by atoms with Crippen molar-refractivity contribution in [3.8, 4) is 11.5 Å². The summed E-state index contributed by atoms with van der Waals surface area (Å²) in [5.41, 5.74) is 3.65. The average Bonchev–Trinajstić information content (AvgIpc) is 2.45. The smallest absolute Gasteiger partial charge is 0.255 e. The van der Waals surface area contributed by atoms with Crippen LogP contribution in [0.4, 0.5) is 0 Å². The number of phenols is 1. The monoisotopic (exact) mass is 299 g/mol. The lowest BCUT2D eigenvalue weighted by molar-refractivity contribution is 0.0944. The number of hydrogen-bond donors (Lipinski definition) is 2. The summed E-state index contributed by atoms with van der Waals surface area (Å²) < 4.78 is 5.76. The molecule has 1 amide bonds. The zero-order chi connectivity index (χ0) is 16.1. The maximum Gasteiger partial charge on any atom is 0.255 e. The molecule has 2 N–H and O–H groups in total. The number of rotatable bonds is 5. The summed E-state index contributed by atoms with van der Waals surface area (Å²) >= 11 is 0. The summed E-state index contributed by atoms with van der Waals surface area (Å²) in [5, 5.41) is 12.4. The van der Waals surface area contributed by atoms with Crippen LogP contribution in [0, 0.1) is 20.8 Å². The van der Waals surface area contributed by atoms with Gasteiger partial charge in [0.05, 0.1) is 12.1 Å². The molecular weight excluding hydrogens is 278 g/mol. The molecule has 0 fully saturated rings. The Balaban J connectivity index is 1.88. The van der Waals surface area contributed by atoms with Crippen LogP contribution in [0.1, 0.15) is 27.0 Å². The first-order chi connectivity index (χ1) is 10.5. The minimum Gasteiger partial charge on any atom is -0.507 e. The largest absolute Gasteiger partial charge is 0.507 e. The Bertz CT molecular complexity index is 657. The van der Waals surface area contributed by atoms with Crippen molar-refractivity contribution in [3.05, 3.63) is 58.7 Å². The molecule has 0 aliphatic rings. The van der Waals surface area contributed by atoms with Gasteiger partial charge in [-0.05, 0) is 44.0 Å². The highest BCUT2D eigenvalue weighted by Gasteiger charge is 2.10. The van der Waals surface area contributed by atoms with Crippen LogP contribution in [0.3, 0.4) is 0 Å². The maximum absolute atomic E-state index is 11.9. The molecule has 0 saturated carbocycles. The molecule has 0 spiro atoms. The van der Waals surface area contributed by atoms with Crippen molar-refractivity contribution in [2.45, 2.75) is 20.8 Å². The normalized spacial score (nSPS) is 10.3. The number of ether oxygens (including phenoxy) is 1. The zero-order valence-corrected chi connectivity index (χ0v) is 13.1. The first-order valence-corrected chi connectivity index (χ1v) is 7.26. The lowest BCUT2D eigenvalue weighted by atomic mass is 10.1. The van der Waals surface area contributed by atoms with E-state index in [1.807, 2.05) is 13.8 Å². The molecular formula is C18H21NO3. The SMILES string of the molecule is Cc1cc(C)c(OCCNC(=O)c2ccccc2O)c(C)c1. The second-order valence-corrected chi connectivity index (χ2v) is 5.35.